The van der Waals surface area contributed by atoms with Crippen molar-refractivity contribution in [1.82, 2.24) is 4.90 Å². The second-order valence-electron chi connectivity index (χ2n) is 4.88. The van der Waals surface area contributed by atoms with Gasteiger partial charge in [0.25, 0.3) is 0 Å². The van der Waals surface area contributed by atoms with Crippen molar-refractivity contribution < 1.29 is 0 Å². The SMILES string of the molecule is CCCC1(c2ccccc2)CCN(C)C1. The summed E-state index contributed by atoms with van der Waals surface area (Å²) in [6.45, 7) is 4.77. The summed E-state index contributed by atoms with van der Waals surface area (Å²) in [6, 6.07) is 11.1. The highest BCUT2D eigenvalue weighted by molar-refractivity contribution is 5.27. The van der Waals surface area contributed by atoms with Crippen LogP contribution in [0.15, 0.2) is 30.3 Å². The van der Waals surface area contributed by atoms with Crippen molar-refractivity contribution in [3.8, 4) is 0 Å². The van der Waals surface area contributed by atoms with Crippen LogP contribution in [0.5, 0.6) is 0 Å². The second kappa shape index (κ2) is 4.36. The van der Waals surface area contributed by atoms with Gasteiger partial charge in [0, 0.05) is 12.0 Å². The molecule has 1 aromatic carbocycles. The van der Waals surface area contributed by atoms with E-state index in [1.807, 2.05) is 0 Å². The van der Waals surface area contributed by atoms with Crippen LogP contribution < -0.4 is 0 Å². The molecule has 0 aliphatic carbocycles. The lowest BCUT2D eigenvalue weighted by atomic mass is 9.76. The summed E-state index contributed by atoms with van der Waals surface area (Å²) in [4.78, 5) is 2.46. The summed E-state index contributed by atoms with van der Waals surface area (Å²) >= 11 is 0. The third-order valence-electron chi connectivity index (χ3n) is 3.66. The van der Waals surface area contributed by atoms with E-state index in [-0.39, 0.29) is 0 Å². The Balaban J connectivity index is 2.27. The van der Waals surface area contributed by atoms with Crippen LogP contribution in [0.3, 0.4) is 0 Å². The van der Waals surface area contributed by atoms with E-state index in [2.05, 4.69) is 49.2 Å². The molecule has 1 atom stereocenters. The number of hydrogen-bond acceptors (Lipinski definition) is 1. The topological polar surface area (TPSA) is 3.24 Å². The van der Waals surface area contributed by atoms with Crippen molar-refractivity contribution in [3.63, 3.8) is 0 Å². The first-order valence-corrected chi connectivity index (χ1v) is 6.01. The Bertz CT molecular complexity index is 302. The van der Waals surface area contributed by atoms with Gasteiger partial charge in [-0.15, -0.1) is 0 Å². The number of likely N-dealkylation sites (N-methyl/N-ethyl adjacent to an activating group) is 1. The fourth-order valence-corrected chi connectivity index (χ4v) is 2.93. The quantitative estimate of drug-likeness (QED) is 0.730. The Labute approximate surface area is 93.1 Å². The van der Waals surface area contributed by atoms with Gasteiger partial charge in [-0.1, -0.05) is 43.7 Å². The monoisotopic (exact) mass is 203 g/mol. The molecule has 1 fully saturated rings. The predicted octanol–water partition coefficient (Wildman–Crippen LogP) is 3.06. The average molecular weight is 203 g/mol. The number of nitrogens with zero attached hydrogens (tertiary/aromatic N) is 1. The Morgan fingerprint density at radius 1 is 1.27 bits per heavy atom. The van der Waals surface area contributed by atoms with E-state index < -0.39 is 0 Å². The van der Waals surface area contributed by atoms with Crippen LogP contribution in [0.2, 0.25) is 0 Å². The fourth-order valence-electron chi connectivity index (χ4n) is 2.93. The summed E-state index contributed by atoms with van der Waals surface area (Å²) < 4.78 is 0. The van der Waals surface area contributed by atoms with Gasteiger partial charge in [-0.25, -0.2) is 0 Å². The first-order valence-electron chi connectivity index (χ1n) is 6.01. The predicted molar refractivity (Wildman–Crippen MR) is 65.1 cm³/mol. The molecule has 1 aliphatic heterocycles. The smallest absolute Gasteiger partial charge is 0.00922 e. The van der Waals surface area contributed by atoms with Crippen molar-refractivity contribution in [1.29, 1.82) is 0 Å². The molecule has 0 aromatic heterocycles. The summed E-state index contributed by atoms with van der Waals surface area (Å²) in [6.07, 6.45) is 3.92. The average Bonchev–Trinajstić information content (AvgIpc) is 2.63. The Hall–Kier alpha value is -0.820. The Morgan fingerprint density at radius 2 is 2.00 bits per heavy atom. The summed E-state index contributed by atoms with van der Waals surface area (Å²) in [7, 11) is 2.24. The number of benzene rings is 1. The molecule has 1 aromatic rings. The first kappa shape index (κ1) is 10.7. The van der Waals surface area contributed by atoms with E-state index in [1.54, 1.807) is 0 Å². The maximum atomic E-state index is 2.46. The minimum absolute atomic E-state index is 0.435. The molecule has 2 rings (SSSR count). The van der Waals surface area contributed by atoms with Crippen LogP contribution in [-0.2, 0) is 5.41 Å². The highest BCUT2D eigenvalue weighted by Gasteiger charge is 2.36. The van der Waals surface area contributed by atoms with Gasteiger partial charge in [-0.3, -0.25) is 0 Å². The molecule has 0 bridgehead atoms. The van der Waals surface area contributed by atoms with Crippen LogP contribution in [0.4, 0.5) is 0 Å². The van der Waals surface area contributed by atoms with E-state index >= 15 is 0 Å². The van der Waals surface area contributed by atoms with Crippen molar-refractivity contribution in [2.75, 3.05) is 20.1 Å². The normalized spacial score (nSPS) is 27.1. The van der Waals surface area contributed by atoms with Crippen molar-refractivity contribution in [2.45, 2.75) is 31.6 Å². The maximum Gasteiger partial charge on any atom is 0.00922 e. The lowest BCUT2D eigenvalue weighted by Crippen LogP contribution is -2.29. The molecular weight excluding hydrogens is 182 g/mol. The van der Waals surface area contributed by atoms with Gasteiger partial charge in [0.1, 0.15) is 0 Å². The molecule has 1 heteroatoms. The van der Waals surface area contributed by atoms with E-state index in [9.17, 15) is 0 Å². The molecule has 82 valence electrons. The number of rotatable bonds is 3. The van der Waals surface area contributed by atoms with Crippen LogP contribution in [0.25, 0.3) is 0 Å². The number of hydrogen-bond donors (Lipinski definition) is 0. The molecule has 0 N–H and O–H groups in total. The molecule has 0 radical (unpaired) electrons. The highest BCUT2D eigenvalue weighted by Crippen LogP contribution is 2.37. The van der Waals surface area contributed by atoms with E-state index in [0.29, 0.717) is 5.41 Å². The summed E-state index contributed by atoms with van der Waals surface area (Å²) in [5, 5.41) is 0. The molecule has 1 heterocycles. The zero-order valence-corrected chi connectivity index (χ0v) is 9.87. The van der Waals surface area contributed by atoms with Gasteiger partial charge < -0.3 is 4.90 Å². The van der Waals surface area contributed by atoms with Crippen molar-refractivity contribution >= 4 is 0 Å². The molecular formula is C14H21N. The minimum Gasteiger partial charge on any atom is -0.305 e. The lowest BCUT2D eigenvalue weighted by Gasteiger charge is -2.29. The zero-order valence-electron chi connectivity index (χ0n) is 9.87. The molecule has 1 unspecified atom stereocenters. The van der Waals surface area contributed by atoms with Gasteiger partial charge in [-0.2, -0.15) is 0 Å². The van der Waals surface area contributed by atoms with Crippen LogP contribution in [-0.4, -0.2) is 25.0 Å². The van der Waals surface area contributed by atoms with Gasteiger partial charge in [0.05, 0.1) is 0 Å². The zero-order chi connectivity index (χ0) is 10.7. The summed E-state index contributed by atoms with van der Waals surface area (Å²) in [5.74, 6) is 0. The summed E-state index contributed by atoms with van der Waals surface area (Å²) in [5.41, 5.74) is 1.97. The van der Waals surface area contributed by atoms with Crippen LogP contribution >= 0.6 is 0 Å². The molecule has 1 saturated heterocycles. The second-order valence-corrected chi connectivity index (χ2v) is 4.88. The minimum atomic E-state index is 0.435. The first-order chi connectivity index (χ1) is 7.27. The van der Waals surface area contributed by atoms with Gasteiger partial charge in [-0.05, 0) is 32.0 Å². The molecule has 0 amide bonds. The lowest BCUT2D eigenvalue weighted by molar-refractivity contribution is 0.351. The molecule has 1 nitrogen and oxygen atoms in total. The fraction of sp³-hybridized carbons (Fsp3) is 0.571. The van der Waals surface area contributed by atoms with E-state index in [1.165, 1.54) is 37.9 Å². The largest absolute Gasteiger partial charge is 0.305 e. The van der Waals surface area contributed by atoms with Gasteiger partial charge in [0.2, 0.25) is 0 Å². The van der Waals surface area contributed by atoms with E-state index in [0.717, 1.165) is 0 Å². The highest BCUT2D eigenvalue weighted by atomic mass is 15.1. The molecule has 0 spiro atoms. The molecule has 0 saturated carbocycles. The Kier molecular flexibility index (Phi) is 3.11. The maximum absolute atomic E-state index is 2.46. The van der Waals surface area contributed by atoms with Gasteiger partial charge in [0.15, 0.2) is 0 Å². The third-order valence-corrected chi connectivity index (χ3v) is 3.66. The van der Waals surface area contributed by atoms with Crippen LogP contribution in [0, 0.1) is 0 Å². The van der Waals surface area contributed by atoms with E-state index in [4.69, 9.17) is 0 Å². The van der Waals surface area contributed by atoms with Crippen molar-refractivity contribution in [2.24, 2.45) is 0 Å². The van der Waals surface area contributed by atoms with Crippen LogP contribution in [0.1, 0.15) is 31.7 Å². The standard InChI is InChI=1S/C14H21N/c1-3-9-14(10-11-15(2)12-14)13-7-5-4-6-8-13/h4-8H,3,9-12H2,1-2H3. The Morgan fingerprint density at radius 3 is 2.53 bits per heavy atom. The van der Waals surface area contributed by atoms with Gasteiger partial charge >= 0.3 is 0 Å². The molecule has 15 heavy (non-hydrogen) atoms. The third kappa shape index (κ3) is 2.07. The molecule has 1 aliphatic rings. The number of likely N-dealkylation sites (tertiary alicyclic amines) is 1. The van der Waals surface area contributed by atoms with Crippen molar-refractivity contribution in [3.05, 3.63) is 35.9 Å².